The van der Waals surface area contributed by atoms with Crippen molar-refractivity contribution in [3.8, 4) is 5.75 Å². The molecule has 0 aromatic heterocycles. The van der Waals surface area contributed by atoms with Crippen molar-refractivity contribution in [3.63, 3.8) is 0 Å². The Morgan fingerprint density at radius 3 is 2.38 bits per heavy atom. The van der Waals surface area contributed by atoms with Crippen molar-refractivity contribution in [3.05, 3.63) is 29.3 Å². The second-order valence-electron chi connectivity index (χ2n) is 3.09. The first-order valence-electron chi connectivity index (χ1n) is 4.12. The highest BCUT2D eigenvalue weighted by molar-refractivity contribution is 5.76. The summed E-state index contributed by atoms with van der Waals surface area (Å²) in [6.45, 7) is 0. The number of aromatic hydroxyl groups is 1. The number of carbonyl (C=O) groups is 1. The van der Waals surface area contributed by atoms with Crippen LogP contribution >= 0.6 is 0 Å². The predicted molar refractivity (Wildman–Crippen MR) is 47.7 cm³/mol. The topological polar surface area (TPSA) is 83.6 Å². The van der Waals surface area contributed by atoms with Crippen LogP contribution in [0.3, 0.4) is 0 Å². The van der Waals surface area contributed by atoms with E-state index in [1.54, 1.807) is 0 Å². The maximum Gasteiger partial charge on any atom is 0.416 e. The van der Waals surface area contributed by atoms with Crippen molar-refractivity contribution >= 4 is 5.97 Å². The molecule has 4 nitrogen and oxygen atoms in total. The molecule has 0 aliphatic carbocycles. The molecule has 0 amide bonds. The van der Waals surface area contributed by atoms with Gasteiger partial charge in [-0.15, -0.1) is 0 Å². The van der Waals surface area contributed by atoms with E-state index in [4.69, 9.17) is 10.8 Å². The average molecular weight is 235 g/mol. The first-order chi connectivity index (χ1) is 7.23. The molecule has 0 spiro atoms. The number of phenolic OH excluding ortho intramolecular Hbond substituents is 1. The summed E-state index contributed by atoms with van der Waals surface area (Å²) in [6.07, 6.45) is -4.61. The summed E-state index contributed by atoms with van der Waals surface area (Å²) in [5, 5.41) is 17.7. The summed E-state index contributed by atoms with van der Waals surface area (Å²) < 4.78 is 36.9. The zero-order chi connectivity index (χ0) is 12.5. The average Bonchev–Trinajstić information content (AvgIpc) is 2.15. The smallest absolute Gasteiger partial charge is 0.416 e. The number of nitrogens with two attached hydrogens (primary N) is 1. The van der Waals surface area contributed by atoms with E-state index in [9.17, 15) is 23.1 Å². The van der Waals surface area contributed by atoms with Gasteiger partial charge in [-0.05, 0) is 18.2 Å². The van der Waals surface area contributed by atoms with Crippen LogP contribution in [-0.2, 0) is 11.0 Å². The van der Waals surface area contributed by atoms with E-state index < -0.39 is 35.1 Å². The number of halogens is 3. The van der Waals surface area contributed by atoms with Crippen molar-refractivity contribution in [1.29, 1.82) is 0 Å². The van der Waals surface area contributed by atoms with Crippen LogP contribution in [0.15, 0.2) is 18.2 Å². The summed E-state index contributed by atoms with van der Waals surface area (Å²) >= 11 is 0. The second-order valence-corrected chi connectivity index (χ2v) is 3.09. The summed E-state index contributed by atoms with van der Waals surface area (Å²) in [7, 11) is 0. The van der Waals surface area contributed by atoms with Gasteiger partial charge in [0.05, 0.1) is 5.56 Å². The number of rotatable bonds is 2. The van der Waals surface area contributed by atoms with E-state index in [2.05, 4.69) is 0 Å². The van der Waals surface area contributed by atoms with Gasteiger partial charge >= 0.3 is 12.1 Å². The maximum absolute atomic E-state index is 12.3. The highest BCUT2D eigenvalue weighted by atomic mass is 19.4. The Hall–Kier alpha value is -1.76. The van der Waals surface area contributed by atoms with Crippen LogP contribution in [0.25, 0.3) is 0 Å². The number of hydrogen-bond donors (Lipinski definition) is 3. The molecule has 1 unspecified atom stereocenters. The van der Waals surface area contributed by atoms with Gasteiger partial charge in [-0.3, -0.25) is 4.79 Å². The molecule has 1 aromatic carbocycles. The number of carboxylic acid groups (broad SMARTS) is 1. The molecule has 0 fully saturated rings. The number of aliphatic carboxylic acids is 1. The van der Waals surface area contributed by atoms with Crippen LogP contribution in [0.4, 0.5) is 13.2 Å². The monoisotopic (exact) mass is 235 g/mol. The molecule has 0 radical (unpaired) electrons. The molecule has 0 aliphatic heterocycles. The van der Waals surface area contributed by atoms with Crippen molar-refractivity contribution < 1.29 is 28.2 Å². The maximum atomic E-state index is 12.3. The van der Waals surface area contributed by atoms with E-state index in [1.165, 1.54) is 0 Å². The number of alkyl halides is 3. The lowest BCUT2D eigenvalue weighted by atomic mass is 10.0. The van der Waals surface area contributed by atoms with Crippen LogP contribution in [0.5, 0.6) is 5.75 Å². The third-order valence-corrected chi connectivity index (χ3v) is 1.96. The van der Waals surface area contributed by atoms with Gasteiger partial charge in [-0.2, -0.15) is 13.2 Å². The highest BCUT2D eigenvalue weighted by Gasteiger charge is 2.32. The minimum atomic E-state index is -4.61. The first kappa shape index (κ1) is 12.3. The minimum absolute atomic E-state index is 0.470. The van der Waals surface area contributed by atoms with Crippen molar-refractivity contribution in [1.82, 2.24) is 0 Å². The predicted octanol–water partition coefficient (Wildman–Crippen LogP) is 1.50. The van der Waals surface area contributed by atoms with E-state index in [1.807, 2.05) is 0 Å². The number of phenols is 1. The summed E-state index contributed by atoms with van der Waals surface area (Å²) in [5.74, 6) is -2.10. The summed E-state index contributed by atoms with van der Waals surface area (Å²) in [5.41, 5.74) is 3.60. The Morgan fingerprint density at radius 2 is 1.94 bits per heavy atom. The van der Waals surface area contributed by atoms with Crippen LogP contribution in [0.1, 0.15) is 17.2 Å². The lowest BCUT2D eigenvalue weighted by molar-refractivity contribution is -0.140. The lowest BCUT2D eigenvalue weighted by Crippen LogP contribution is -2.21. The van der Waals surface area contributed by atoms with Gasteiger partial charge in [0.25, 0.3) is 0 Å². The van der Waals surface area contributed by atoms with E-state index in [-0.39, 0.29) is 0 Å². The van der Waals surface area contributed by atoms with E-state index in [0.717, 1.165) is 6.07 Å². The molecule has 1 rings (SSSR count). The fourth-order valence-electron chi connectivity index (χ4n) is 1.11. The van der Waals surface area contributed by atoms with Gasteiger partial charge in [0.15, 0.2) is 0 Å². The molecule has 1 atom stereocenters. The first-order valence-corrected chi connectivity index (χ1v) is 4.12. The molecule has 0 heterocycles. The largest absolute Gasteiger partial charge is 0.508 e. The third kappa shape index (κ3) is 2.43. The highest BCUT2D eigenvalue weighted by Crippen LogP contribution is 2.33. The number of carboxylic acids is 1. The second kappa shape index (κ2) is 4.01. The molecule has 0 saturated heterocycles. The van der Waals surface area contributed by atoms with Gasteiger partial charge < -0.3 is 15.9 Å². The van der Waals surface area contributed by atoms with Gasteiger partial charge in [0, 0.05) is 5.56 Å². The molecular weight excluding hydrogens is 227 g/mol. The lowest BCUT2D eigenvalue weighted by Gasteiger charge is -2.12. The Morgan fingerprint density at radius 1 is 1.38 bits per heavy atom. The number of hydrogen-bond acceptors (Lipinski definition) is 3. The van der Waals surface area contributed by atoms with Crippen LogP contribution in [0, 0.1) is 0 Å². The van der Waals surface area contributed by atoms with Gasteiger partial charge in [-0.1, -0.05) is 0 Å². The quantitative estimate of drug-likeness (QED) is 0.725. The zero-order valence-electron chi connectivity index (χ0n) is 7.82. The van der Waals surface area contributed by atoms with Crippen molar-refractivity contribution in [2.75, 3.05) is 0 Å². The normalized spacial score (nSPS) is 13.5. The number of benzene rings is 1. The molecule has 7 heteroatoms. The van der Waals surface area contributed by atoms with Crippen molar-refractivity contribution in [2.45, 2.75) is 12.2 Å². The third-order valence-electron chi connectivity index (χ3n) is 1.96. The molecule has 0 bridgehead atoms. The Kier molecular flexibility index (Phi) is 3.09. The van der Waals surface area contributed by atoms with Crippen LogP contribution in [0.2, 0.25) is 0 Å². The molecule has 0 saturated carbocycles. The summed E-state index contributed by atoms with van der Waals surface area (Å²) in [6, 6.07) is 0.241. The SMILES string of the molecule is NC(C(=O)O)c1cc(C(F)(F)F)ccc1O. The van der Waals surface area contributed by atoms with Crippen molar-refractivity contribution in [2.24, 2.45) is 5.73 Å². The zero-order valence-corrected chi connectivity index (χ0v) is 7.82. The molecule has 88 valence electrons. The Bertz CT molecular complexity index is 417. The Balaban J connectivity index is 3.24. The molecule has 1 aromatic rings. The van der Waals surface area contributed by atoms with Gasteiger partial charge in [-0.25, -0.2) is 0 Å². The molecular formula is C9H8F3NO3. The van der Waals surface area contributed by atoms with Crippen LogP contribution < -0.4 is 5.73 Å². The standard InChI is InChI=1S/C9H8F3NO3/c10-9(11,12)4-1-2-6(14)5(3-4)7(13)8(15)16/h1-3,7,14H,13H2,(H,15,16). The van der Waals surface area contributed by atoms with Gasteiger partial charge in [0.1, 0.15) is 11.8 Å². The Labute approximate surface area is 88.1 Å². The van der Waals surface area contributed by atoms with E-state index >= 15 is 0 Å². The molecule has 16 heavy (non-hydrogen) atoms. The van der Waals surface area contributed by atoms with E-state index in [0.29, 0.717) is 12.1 Å². The minimum Gasteiger partial charge on any atom is -0.508 e. The molecule has 4 N–H and O–H groups in total. The van der Waals surface area contributed by atoms with Crippen LogP contribution in [-0.4, -0.2) is 16.2 Å². The molecule has 0 aliphatic rings. The summed E-state index contributed by atoms with van der Waals surface area (Å²) in [4.78, 5) is 10.5. The fourth-order valence-corrected chi connectivity index (χ4v) is 1.11. The fraction of sp³-hybridized carbons (Fsp3) is 0.222. The van der Waals surface area contributed by atoms with Gasteiger partial charge in [0.2, 0.25) is 0 Å².